The summed E-state index contributed by atoms with van der Waals surface area (Å²) in [6.45, 7) is -0.604. The SMILES string of the molecule is CSc1c2c(c(C(O)(c3c4c(c(SC)c5c3OCO5)OCO4)c3c4c(c(SC)c5c3OCO5)OCO4)c3c1OCO3)OCO2. The zero-order chi connectivity index (χ0) is 29.7. The standard InChI is InChI=1S/C28H22O13S3/c1-42-25-19-13(30-4-36-19)10(14-20(25)37-5-31-14)28(29,11-15-21(38-6-32-15)26(43-2)22-16(11)33-7-39-22)12-17-23(40-8-34-17)27(44-3)24-18(12)35-9-41-24/h29H,4-9H2,1-3H3. The average molecular weight is 663 g/mol. The van der Waals surface area contributed by atoms with Crippen LogP contribution in [0.3, 0.4) is 0 Å². The molecule has 6 heterocycles. The minimum absolute atomic E-state index is 0.101. The summed E-state index contributed by atoms with van der Waals surface area (Å²) in [5.41, 5.74) is -1.79. The van der Waals surface area contributed by atoms with Crippen LogP contribution in [0.15, 0.2) is 14.7 Å². The van der Waals surface area contributed by atoms with E-state index >= 15 is 0 Å². The van der Waals surface area contributed by atoms with Gasteiger partial charge in [0, 0.05) is 0 Å². The lowest BCUT2D eigenvalue weighted by molar-refractivity contribution is 0.0930. The molecule has 1 N–H and O–H groups in total. The normalized spacial score (nSPS) is 17.2. The molecule has 0 saturated heterocycles. The molecule has 0 saturated carbocycles. The van der Waals surface area contributed by atoms with Crippen molar-refractivity contribution in [1.29, 1.82) is 0 Å². The molecule has 0 amide bonds. The van der Waals surface area contributed by atoms with Gasteiger partial charge >= 0.3 is 0 Å². The van der Waals surface area contributed by atoms with E-state index in [1.165, 1.54) is 35.3 Å². The quantitative estimate of drug-likeness (QED) is 0.293. The third-order valence-corrected chi connectivity index (χ3v) is 10.3. The van der Waals surface area contributed by atoms with E-state index in [1.54, 1.807) is 0 Å². The Balaban J connectivity index is 1.49. The monoisotopic (exact) mass is 662 g/mol. The van der Waals surface area contributed by atoms with E-state index in [9.17, 15) is 5.11 Å². The molecule has 9 rings (SSSR count). The number of thioether (sulfide) groups is 3. The lowest BCUT2D eigenvalue weighted by Crippen LogP contribution is -2.32. The molecule has 0 aliphatic carbocycles. The first-order chi connectivity index (χ1) is 21.6. The first kappa shape index (κ1) is 26.7. The largest absolute Gasteiger partial charge is 0.453 e. The summed E-state index contributed by atoms with van der Waals surface area (Å²) in [6.07, 6.45) is 5.67. The van der Waals surface area contributed by atoms with E-state index in [2.05, 4.69) is 0 Å². The highest BCUT2D eigenvalue weighted by Crippen LogP contribution is 2.69. The minimum Gasteiger partial charge on any atom is -0.453 e. The van der Waals surface area contributed by atoms with Gasteiger partial charge in [0.1, 0.15) is 0 Å². The van der Waals surface area contributed by atoms with E-state index in [-0.39, 0.29) is 91.9 Å². The van der Waals surface area contributed by atoms with E-state index < -0.39 is 5.60 Å². The second kappa shape index (κ2) is 9.63. The molecule has 6 aliphatic heterocycles. The van der Waals surface area contributed by atoms with Gasteiger partial charge in [-0.3, -0.25) is 0 Å². The van der Waals surface area contributed by atoms with Crippen molar-refractivity contribution < 1.29 is 61.9 Å². The predicted molar refractivity (Wildman–Crippen MR) is 154 cm³/mol. The van der Waals surface area contributed by atoms with Gasteiger partial charge in [-0.2, -0.15) is 0 Å². The van der Waals surface area contributed by atoms with Crippen LogP contribution in [0, 0.1) is 0 Å². The molecule has 230 valence electrons. The Hall–Kier alpha value is -3.73. The maximum atomic E-state index is 13.9. The van der Waals surface area contributed by atoms with Crippen LogP contribution in [0.4, 0.5) is 0 Å². The molecule has 44 heavy (non-hydrogen) atoms. The lowest BCUT2D eigenvalue weighted by Gasteiger charge is -2.34. The number of benzene rings is 3. The van der Waals surface area contributed by atoms with E-state index in [0.29, 0.717) is 49.2 Å². The maximum Gasteiger partial charge on any atom is 0.231 e. The van der Waals surface area contributed by atoms with Gasteiger partial charge in [0.25, 0.3) is 0 Å². The highest BCUT2D eigenvalue weighted by Gasteiger charge is 2.57. The number of fused-ring (bicyclic) bond motifs is 6. The molecule has 0 radical (unpaired) electrons. The van der Waals surface area contributed by atoms with Crippen molar-refractivity contribution in [2.45, 2.75) is 20.3 Å². The Bertz CT molecular complexity index is 1470. The van der Waals surface area contributed by atoms with E-state index in [1.807, 2.05) is 18.8 Å². The summed E-state index contributed by atoms with van der Waals surface area (Å²) in [5, 5.41) is 13.9. The van der Waals surface area contributed by atoms with Crippen molar-refractivity contribution in [3.63, 3.8) is 0 Å². The second-order valence-electron chi connectivity index (χ2n) is 9.82. The molecule has 6 aliphatic rings. The molecule has 0 aromatic heterocycles. The van der Waals surface area contributed by atoms with Crippen molar-refractivity contribution in [2.24, 2.45) is 0 Å². The molecule has 0 atom stereocenters. The predicted octanol–water partition coefficient (Wildman–Crippen LogP) is 4.51. The molecule has 13 nitrogen and oxygen atoms in total. The van der Waals surface area contributed by atoms with Gasteiger partial charge in [-0.25, -0.2) is 0 Å². The number of aliphatic hydroxyl groups is 1. The van der Waals surface area contributed by atoms with Crippen molar-refractivity contribution in [3.05, 3.63) is 16.7 Å². The van der Waals surface area contributed by atoms with Gasteiger partial charge in [0.2, 0.25) is 40.8 Å². The van der Waals surface area contributed by atoms with Crippen LogP contribution in [0.5, 0.6) is 69.0 Å². The highest BCUT2D eigenvalue weighted by molar-refractivity contribution is 7.99. The Kier molecular flexibility index (Phi) is 5.84. The molecule has 0 bridgehead atoms. The molecule has 0 fully saturated rings. The van der Waals surface area contributed by atoms with Crippen molar-refractivity contribution >= 4 is 35.3 Å². The van der Waals surface area contributed by atoms with Crippen molar-refractivity contribution in [2.75, 3.05) is 59.5 Å². The van der Waals surface area contributed by atoms with Crippen LogP contribution >= 0.6 is 35.3 Å². The highest BCUT2D eigenvalue weighted by atomic mass is 32.2. The maximum absolute atomic E-state index is 13.9. The fraction of sp³-hybridized carbons (Fsp3) is 0.357. The van der Waals surface area contributed by atoms with Crippen LogP contribution in [-0.4, -0.2) is 64.6 Å². The number of rotatable bonds is 6. The van der Waals surface area contributed by atoms with Crippen LogP contribution < -0.4 is 56.8 Å². The third kappa shape index (κ3) is 3.23. The van der Waals surface area contributed by atoms with Crippen LogP contribution in [0.25, 0.3) is 0 Å². The summed E-state index contributed by atoms with van der Waals surface area (Å²) in [6, 6.07) is 0. The van der Waals surface area contributed by atoms with Gasteiger partial charge < -0.3 is 61.9 Å². The second-order valence-corrected chi connectivity index (χ2v) is 12.3. The summed E-state index contributed by atoms with van der Waals surface area (Å²) < 4.78 is 72.6. The Labute approximate surface area is 262 Å². The van der Waals surface area contributed by atoms with Crippen LogP contribution in [-0.2, 0) is 5.60 Å². The van der Waals surface area contributed by atoms with Crippen LogP contribution in [0.1, 0.15) is 16.7 Å². The summed E-state index contributed by atoms with van der Waals surface area (Å²) >= 11 is 4.21. The Morgan fingerprint density at radius 2 is 0.545 bits per heavy atom. The van der Waals surface area contributed by atoms with Crippen molar-refractivity contribution in [3.8, 4) is 69.0 Å². The third-order valence-electron chi connectivity index (χ3n) is 7.97. The molecule has 0 unspecified atom stereocenters. The molecular weight excluding hydrogens is 640 g/mol. The summed E-state index contributed by atoms with van der Waals surface area (Å²) in [5.74, 6) is 3.79. The van der Waals surface area contributed by atoms with Gasteiger partial charge in [0.15, 0.2) is 74.6 Å². The molecular formula is C28H22O13S3. The zero-order valence-electron chi connectivity index (χ0n) is 23.3. The van der Waals surface area contributed by atoms with Gasteiger partial charge in [-0.1, -0.05) is 0 Å². The smallest absolute Gasteiger partial charge is 0.231 e. The Morgan fingerprint density at radius 1 is 0.364 bits per heavy atom. The van der Waals surface area contributed by atoms with Crippen LogP contribution in [0.2, 0.25) is 0 Å². The topological polar surface area (TPSA) is 131 Å². The van der Waals surface area contributed by atoms with Gasteiger partial charge in [0.05, 0.1) is 31.4 Å². The lowest BCUT2D eigenvalue weighted by atomic mass is 9.76. The first-order valence-corrected chi connectivity index (χ1v) is 16.9. The molecule has 3 aromatic carbocycles. The van der Waals surface area contributed by atoms with E-state index in [0.717, 1.165) is 0 Å². The van der Waals surface area contributed by atoms with E-state index in [4.69, 9.17) is 56.8 Å². The number of hydrogen-bond acceptors (Lipinski definition) is 16. The molecule has 0 spiro atoms. The van der Waals surface area contributed by atoms with Gasteiger partial charge in [-0.15, -0.1) is 35.3 Å². The number of ether oxygens (including phenoxy) is 12. The minimum atomic E-state index is -2.27. The van der Waals surface area contributed by atoms with Gasteiger partial charge in [-0.05, 0) is 18.8 Å². The molecule has 16 heteroatoms. The number of hydrogen-bond donors (Lipinski definition) is 1. The summed E-state index contributed by atoms with van der Waals surface area (Å²) in [7, 11) is 0. The zero-order valence-corrected chi connectivity index (χ0v) is 25.8. The summed E-state index contributed by atoms with van der Waals surface area (Å²) in [4.78, 5) is 1.99. The average Bonchev–Trinajstić information content (AvgIpc) is 3.86. The fourth-order valence-corrected chi connectivity index (χ4v) is 8.35. The fourth-order valence-electron chi connectivity index (χ4n) is 6.33. The molecule has 3 aromatic rings. The van der Waals surface area contributed by atoms with Crippen molar-refractivity contribution in [1.82, 2.24) is 0 Å². The first-order valence-electron chi connectivity index (χ1n) is 13.2. The Morgan fingerprint density at radius 3 is 0.727 bits per heavy atom.